The zero-order valence-electron chi connectivity index (χ0n) is 20.6. The molecule has 1 aromatic carbocycles. The van der Waals surface area contributed by atoms with Gasteiger partial charge in [0.1, 0.15) is 5.60 Å². The molecular weight excluding hydrogens is 384 g/mol. The standard InChI is InChI=1S/C27H46N2O2/c1-5-6-7-8-9-10-11-15-19-25-23-28(22-24-17-13-12-14-18-24)20-16-21-29(25)26(30)31-27(2,3)4/h12-14,17-18,25H,5-11,15-16,19-23H2,1-4H3. The van der Waals surface area contributed by atoms with E-state index in [1.807, 2.05) is 25.7 Å². The maximum Gasteiger partial charge on any atom is 0.410 e. The molecule has 1 saturated heterocycles. The quantitative estimate of drug-likeness (QED) is 0.353. The van der Waals surface area contributed by atoms with E-state index in [9.17, 15) is 4.79 Å². The third-order valence-corrected chi connectivity index (χ3v) is 6.05. The number of carbonyl (C=O) groups excluding carboxylic acids is 1. The molecule has 1 aromatic rings. The first-order chi connectivity index (χ1) is 14.9. The number of hydrogen-bond donors (Lipinski definition) is 0. The number of unbranched alkanes of at least 4 members (excludes halogenated alkanes) is 7. The van der Waals surface area contributed by atoms with Gasteiger partial charge in [-0.15, -0.1) is 0 Å². The van der Waals surface area contributed by atoms with Crippen LogP contribution in [-0.4, -0.2) is 47.2 Å². The summed E-state index contributed by atoms with van der Waals surface area (Å²) >= 11 is 0. The molecule has 0 N–H and O–H groups in total. The Morgan fingerprint density at radius 2 is 1.61 bits per heavy atom. The first kappa shape index (κ1) is 25.7. The number of rotatable bonds is 11. The van der Waals surface area contributed by atoms with Crippen LogP contribution in [0.15, 0.2) is 30.3 Å². The summed E-state index contributed by atoms with van der Waals surface area (Å²) in [6.45, 7) is 11.9. The second-order valence-corrected chi connectivity index (χ2v) is 10.2. The van der Waals surface area contributed by atoms with Crippen molar-refractivity contribution in [3.05, 3.63) is 35.9 Å². The molecule has 2 rings (SSSR count). The van der Waals surface area contributed by atoms with Gasteiger partial charge in [-0.1, -0.05) is 88.6 Å². The molecule has 4 heteroatoms. The van der Waals surface area contributed by atoms with Gasteiger partial charge in [-0.2, -0.15) is 0 Å². The van der Waals surface area contributed by atoms with Crippen molar-refractivity contribution in [2.45, 2.75) is 110 Å². The van der Waals surface area contributed by atoms with Crippen LogP contribution in [0.1, 0.15) is 97.5 Å². The van der Waals surface area contributed by atoms with E-state index in [0.29, 0.717) is 0 Å². The van der Waals surface area contributed by atoms with Crippen LogP contribution in [0.25, 0.3) is 0 Å². The van der Waals surface area contributed by atoms with E-state index in [1.165, 1.54) is 56.9 Å². The normalized spacial score (nSPS) is 18.1. The molecule has 0 aromatic heterocycles. The lowest BCUT2D eigenvalue weighted by molar-refractivity contribution is 0.0150. The first-order valence-electron chi connectivity index (χ1n) is 12.6. The van der Waals surface area contributed by atoms with Gasteiger partial charge in [0.15, 0.2) is 0 Å². The molecule has 0 aliphatic carbocycles. The Bertz CT molecular complexity index is 611. The molecule has 1 unspecified atom stereocenters. The summed E-state index contributed by atoms with van der Waals surface area (Å²) in [6.07, 6.45) is 12.5. The Labute approximate surface area is 191 Å². The fourth-order valence-corrected chi connectivity index (χ4v) is 4.44. The Kier molecular flexibility index (Phi) is 11.4. The molecule has 0 saturated carbocycles. The van der Waals surface area contributed by atoms with Gasteiger partial charge in [0, 0.05) is 32.2 Å². The summed E-state index contributed by atoms with van der Waals surface area (Å²) in [5.74, 6) is 0. The lowest BCUT2D eigenvalue weighted by Crippen LogP contribution is -2.46. The smallest absolute Gasteiger partial charge is 0.410 e. The molecule has 31 heavy (non-hydrogen) atoms. The zero-order valence-corrected chi connectivity index (χ0v) is 20.6. The largest absolute Gasteiger partial charge is 0.444 e. The lowest BCUT2D eigenvalue weighted by Gasteiger charge is -2.33. The van der Waals surface area contributed by atoms with Crippen molar-refractivity contribution >= 4 is 6.09 Å². The summed E-state index contributed by atoms with van der Waals surface area (Å²) in [5, 5.41) is 0. The highest BCUT2D eigenvalue weighted by Crippen LogP contribution is 2.21. The predicted octanol–water partition coefficient (Wildman–Crippen LogP) is 7.03. The number of ether oxygens (including phenoxy) is 1. The Balaban J connectivity index is 1.92. The van der Waals surface area contributed by atoms with Crippen molar-refractivity contribution in [3.63, 3.8) is 0 Å². The van der Waals surface area contributed by atoms with Gasteiger partial charge >= 0.3 is 6.09 Å². The molecule has 1 fully saturated rings. The highest BCUT2D eigenvalue weighted by molar-refractivity contribution is 5.68. The number of benzene rings is 1. The van der Waals surface area contributed by atoms with Gasteiger partial charge in [-0.25, -0.2) is 4.79 Å². The molecule has 4 nitrogen and oxygen atoms in total. The van der Waals surface area contributed by atoms with Gasteiger partial charge in [0.2, 0.25) is 0 Å². The Morgan fingerprint density at radius 3 is 2.26 bits per heavy atom. The van der Waals surface area contributed by atoms with Gasteiger partial charge in [-0.3, -0.25) is 4.90 Å². The second kappa shape index (κ2) is 13.8. The molecule has 1 aliphatic rings. The van der Waals surface area contributed by atoms with E-state index in [4.69, 9.17) is 4.74 Å². The van der Waals surface area contributed by atoms with Crippen LogP contribution >= 0.6 is 0 Å². The van der Waals surface area contributed by atoms with Gasteiger partial charge in [0.05, 0.1) is 0 Å². The van der Waals surface area contributed by atoms with Crippen molar-refractivity contribution in [1.82, 2.24) is 9.80 Å². The van der Waals surface area contributed by atoms with Crippen LogP contribution in [0.4, 0.5) is 4.79 Å². The van der Waals surface area contributed by atoms with E-state index >= 15 is 0 Å². The zero-order chi connectivity index (χ0) is 22.5. The van der Waals surface area contributed by atoms with Crippen molar-refractivity contribution in [1.29, 1.82) is 0 Å². The minimum atomic E-state index is -0.448. The van der Waals surface area contributed by atoms with Crippen molar-refractivity contribution < 1.29 is 9.53 Å². The molecule has 176 valence electrons. The highest BCUT2D eigenvalue weighted by Gasteiger charge is 2.31. The van der Waals surface area contributed by atoms with Crippen molar-refractivity contribution in [2.75, 3.05) is 19.6 Å². The van der Waals surface area contributed by atoms with E-state index < -0.39 is 5.60 Å². The summed E-state index contributed by atoms with van der Waals surface area (Å²) in [5.41, 5.74) is 0.898. The van der Waals surface area contributed by atoms with Crippen LogP contribution in [0.2, 0.25) is 0 Å². The minimum Gasteiger partial charge on any atom is -0.444 e. The fraction of sp³-hybridized carbons (Fsp3) is 0.741. The maximum atomic E-state index is 13.0. The van der Waals surface area contributed by atoms with Gasteiger partial charge < -0.3 is 9.64 Å². The average molecular weight is 431 g/mol. The van der Waals surface area contributed by atoms with Crippen LogP contribution in [0, 0.1) is 0 Å². The molecular formula is C27H46N2O2. The molecule has 1 amide bonds. The average Bonchev–Trinajstić information content (AvgIpc) is 2.91. The third kappa shape index (κ3) is 10.5. The van der Waals surface area contributed by atoms with E-state index in [-0.39, 0.29) is 12.1 Å². The summed E-state index contributed by atoms with van der Waals surface area (Å²) in [6, 6.07) is 10.9. The number of hydrogen-bond acceptors (Lipinski definition) is 3. The van der Waals surface area contributed by atoms with Crippen LogP contribution in [0.5, 0.6) is 0 Å². The predicted molar refractivity (Wildman–Crippen MR) is 130 cm³/mol. The fourth-order valence-electron chi connectivity index (χ4n) is 4.44. The SMILES string of the molecule is CCCCCCCCCCC1CN(Cc2ccccc2)CCCN1C(=O)OC(C)(C)C. The van der Waals surface area contributed by atoms with Crippen LogP contribution in [-0.2, 0) is 11.3 Å². The lowest BCUT2D eigenvalue weighted by atomic mass is 10.0. The second-order valence-electron chi connectivity index (χ2n) is 10.2. The van der Waals surface area contributed by atoms with Crippen molar-refractivity contribution in [3.8, 4) is 0 Å². The molecule has 1 aliphatic heterocycles. The van der Waals surface area contributed by atoms with E-state index in [2.05, 4.69) is 42.2 Å². The molecule has 0 spiro atoms. The number of nitrogens with zero attached hydrogens (tertiary/aromatic N) is 2. The monoisotopic (exact) mass is 430 g/mol. The van der Waals surface area contributed by atoms with Crippen molar-refractivity contribution in [2.24, 2.45) is 0 Å². The first-order valence-corrected chi connectivity index (χ1v) is 12.6. The highest BCUT2D eigenvalue weighted by atomic mass is 16.6. The van der Waals surface area contributed by atoms with Crippen LogP contribution < -0.4 is 0 Å². The van der Waals surface area contributed by atoms with E-state index in [1.54, 1.807) is 0 Å². The van der Waals surface area contributed by atoms with E-state index in [0.717, 1.165) is 39.0 Å². The topological polar surface area (TPSA) is 32.8 Å². The van der Waals surface area contributed by atoms with Gasteiger partial charge in [0.25, 0.3) is 0 Å². The summed E-state index contributed by atoms with van der Waals surface area (Å²) in [4.78, 5) is 17.5. The molecule has 0 radical (unpaired) electrons. The summed E-state index contributed by atoms with van der Waals surface area (Å²) in [7, 11) is 0. The Morgan fingerprint density at radius 1 is 0.968 bits per heavy atom. The Hall–Kier alpha value is -1.55. The maximum absolute atomic E-state index is 13.0. The summed E-state index contributed by atoms with van der Waals surface area (Å²) < 4.78 is 5.77. The van der Waals surface area contributed by atoms with Crippen LogP contribution in [0.3, 0.4) is 0 Å². The number of amides is 1. The number of carbonyl (C=O) groups is 1. The molecule has 0 bridgehead atoms. The third-order valence-electron chi connectivity index (χ3n) is 6.05. The van der Waals surface area contributed by atoms with Gasteiger partial charge in [-0.05, 0) is 39.2 Å². The molecule has 1 heterocycles. The minimum absolute atomic E-state index is 0.140. The molecule has 1 atom stereocenters.